The van der Waals surface area contributed by atoms with Crippen molar-refractivity contribution in [3.05, 3.63) is 30.7 Å². The zero-order valence-corrected chi connectivity index (χ0v) is 9.36. The third-order valence-corrected chi connectivity index (χ3v) is 3.34. The number of rotatable bonds is 3. The van der Waals surface area contributed by atoms with Gasteiger partial charge in [0.2, 0.25) is 0 Å². The molecule has 0 amide bonds. The van der Waals surface area contributed by atoms with E-state index in [1.54, 1.807) is 24.6 Å². The fourth-order valence-electron chi connectivity index (χ4n) is 2.42. The van der Waals surface area contributed by atoms with E-state index in [0.717, 1.165) is 12.8 Å². The summed E-state index contributed by atoms with van der Waals surface area (Å²) in [6.45, 7) is 0. The Bertz CT molecular complexity index is 316. The molecule has 87 valence electrons. The summed E-state index contributed by atoms with van der Waals surface area (Å²) < 4.78 is 0. The van der Waals surface area contributed by atoms with Gasteiger partial charge < -0.3 is 5.11 Å². The predicted octanol–water partition coefficient (Wildman–Crippen LogP) is 2.06. The summed E-state index contributed by atoms with van der Waals surface area (Å²) in [5.41, 5.74) is -0.989. The second-order valence-electron chi connectivity index (χ2n) is 4.56. The molecule has 0 aromatic carbocycles. The molecular weight excluding hydrogens is 202 g/mol. The lowest BCUT2D eigenvalue weighted by atomic mass is 9.87. The van der Waals surface area contributed by atoms with Crippen LogP contribution >= 0.6 is 0 Å². The van der Waals surface area contributed by atoms with Gasteiger partial charge in [-0.2, -0.15) is 0 Å². The van der Waals surface area contributed by atoms with E-state index in [4.69, 9.17) is 0 Å². The number of nitrogens with one attached hydrogen (secondary N) is 1. The van der Waals surface area contributed by atoms with Gasteiger partial charge in [-0.05, 0) is 12.8 Å². The van der Waals surface area contributed by atoms with Crippen LogP contribution in [-0.2, 0) is 4.79 Å². The van der Waals surface area contributed by atoms with Crippen molar-refractivity contribution in [3.8, 4) is 0 Å². The predicted molar refractivity (Wildman–Crippen MR) is 63.0 cm³/mol. The third-order valence-electron chi connectivity index (χ3n) is 3.34. The summed E-state index contributed by atoms with van der Waals surface area (Å²) in [6.07, 6.45) is 14.7. The molecule has 0 aromatic heterocycles. The Kier molecular flexibility index (Phi) is 3.44. The molecule has 0 heterocycles. The van der Waals surface area contributed by atoms with Gasteiger partial charge in [0, 0.05) is 12.5 Å². The van der Waals surface area contributed by atoms with E-state index < -0.39 is 11.5 Å². The molecule has 0 spiro atoms. The van der Waals surface area contributed by atoms with E-state index in [2.05, 4.69) is 5.32 Å². The van der Waals surface area contributed by atoms with Crippen LogP contribution in [0, 0.1) is 6.42 Å². The highest BCUT2D eigenvalue weighted by Gasteiger charge is 2.37. The van der Waals surface area contributed by atoms with Gasteiger partial charge in [-0.15, -0.1) is 0 Å². The molecule has 1 radical (unpaired) electrons. The molecule has 1 fully saturated rings. The molecule has 1 atom stereocenters. The van der Waals surface area contributed by atoms with Crippen molar-refractivity contribution in [2.24, 2.45) is 0 Å². The maximum absolute atomic E-state index is 11.4. The first-order valence-corrected chi connectivity index (χ1v) is 5.94. The molecule has 0 aliphatic heterocycles. The zero-order chi connectivity index (χ0) is 11.4. The number of carboxylic acids is 1. The molecule has 16 heavy (non-hydrogen) atoms. The van der Waals surface area contributed by atoms with Crippen molar-refractivity contribution in [2.75, 3.05) is 0 Å². The Morgan fingerprint density at radius 2 is 1.94 bits per heavy atom. The number of aliphatic carboxylic acids is 1. The number of hydrogen-bond donors (Lipinski definition) is 2. The summed E-state index contributed by atoms with van der Waals surface area (Å²) in [4.78, 5) is 11.4. The zero-order valence-electron chi connectivity index (χ0n) is 9.36. The number of carboxylic acid groups (broad SMARTS) is 1. The van der Waals surface area contributed by atoms with Crippen molar-refractivity contribution in [1.29, 1.82) is 0 Å². The minimum Gasteiger partial charge on any atom is -0.480 e. The molecular formula is C13H18NO2. The second kappa shape index (κ2) is 4.83. The van der Waals surface area contributed by atoms with Gasteiger partial charge in [0.25, 0.3) is 0 Å². The minimum atomic E-state index is -0.989. The topological polar surface area (TPSA) is 49.3 Å². The SMILES string of the molecule is O=C(O)C1(NC2CCCCC2)[CH]C=CC=C1. The van der Waals surface area contributed by atoms with Crippen LogP contribution < -0.4 is 5.32 Å². The lowest BCUT2D eigenvalue weighted by Gasteiger charge is -2.34. The Balaban J connectivity index is 2.05. The van der Waals surface area contributed by atoms with Crippen molar-refractivity contribution in [3.63, 3.8) is 0 Å². The fraction of sp³-hybridized carbons (Fsp3) is 0.538. The normalized spacial score (nSPS) is 30.5. The van der Waals surface area contributed by atoms with E-state index in [1.807, 2.05) is 6.08 Å². The average Bonchev–Trinajstić information content (AvgIpc) is 2.31. The Labute approximate surface area is 96.2 Å². The molecule has 0 aromatic rings. The van der Waals surface area contributed by atoms with Gasteiger partial charge in [0.15, 0.2) is 0 Å². The lowest BCUT2D eigenvalue weighted by Crippen LogP contribution is -2.55. The van der Waals surface area contributed by atoms with Crippen LogP contribution in [0.3, 0.4) is 0 Å². The van der Waals surface area contributed by atoms with E-state index >= 15 is 0 Å². The molecule has 2 aliphatic carbocycles. The Morgan fingerprint density at radius 3 is 2.50 bits per heavy atom. The van der Waals surface area contributed by atoms with Crippen LogP contribution in [-0.4, -0.2) is 22.7 Å². The van der Waals surface area contributed by atoms with Crippen LogP contribution in [0.4, 0.5) is 0 Å². The van der Waals surface area contributed by atoms with Crippen LogP contribution in [0.15, 0.2) is 24.3 Å². The first-order valence-electron chi connectivity index (χ1n) is 5.94. The quantitative estimate of drug-likeness (QED) is 0.765. The highest BCUT2D eigenvalue weighted by molar-refractivity contribution is 5.84. The van der Waals surface area contributed by atoms with E-state index in [9.17, 15) is 9.90 Å². The summed E-state index contributed by atoms with van der Waals surface area (Å²) >= 11 is 0. The summed E-state index contributed by atoms with van der Waals surface area (Å²) in [5.74, 6) is -0.821. The van der Waals surface area contributed by atoms with Crippen LogP contribution in [0.5, 0.6) is 0 Å². The van der Waals surface area contributed by atoms with E-state index in [-0.39, 0.29) is 0 Å². The smallest absolute Gasteiger partial charge is 0.328 e. The molecule has 1 unspecified atom stereocenters. The van der Waals surface area contributed by atoms with Crippen molar-refractivity contribution in [2.45, 2.75) is 43.7 Å². The molecule has 0 saturated heterocycles. The average molecular weight is 220 g/mol. The molecule has 0 bridgehead atoms. The van der Waals surface area contributed by atoms with Gasteiger partial charge in [-0.25, -0.2) is 4.79 Å². The maximum atomic E-state index is 11.4. The van der Waals surface area contributed by atoms with Gasteiger partial charge >= 0.3 is 5.97 Å². The lowest BCUT2D eigenvalue weighted by molar-refractivity contribution is -0.141. The molecule has 1 saturated carbocycles. The second-order valence-corrected chi connectivity index (χ2v) is 4.56. The molecule has 2 rings (SSSR count). The van der Waals surface area contributed by atoms with E-state index in [0.29, 0.717) is 6.04 Å². The summed E-state index contributed by atoms with van der Waals surface area (Å²) in [7, 11) is 0. The summed E-state index contributed by atoms with van der Waals surface area (Å²) in [5, 5.41) is 12.6. The monoisotopic (exact) mass is 220 g/mol. The van der Waals surface area contributed by atoms with Crippen molar-refractivity contribution in [1.82, 2.24) is 5.32 Å². The highest BCUT2D eigenvalue weighted by atomic mass is 16.4. The van der Waals surface area contributed by atoms with Gasteiger partial charge in [-0.1, -0.05) is 43.6 Å². The van der Waals surface area contributed by atoms with Crippen molar-refractivity contribution >= 4 is 5.97 Å². The van der Waals surface area contributed by atoms with Crippen LogP contribution in [0.2, 0.25) is 0 Å². The summed E-state index contributed by atoms with van der Waals surface area (Å²) in [6, 6.07) is 0.331. The first-order chi connectivity index (χ1) is 7.73. The van der Waals surface area contributed by atoms with E-state index in [1.165, 1.54) is 19.3 Å². The molecule has 2 aliphatic rings. The first kappa shape index (κ1) is 11.4. The standard InChI is InChI=1S/C13H18NO2/c15-12(16)13(9-5-2-6-10-13)14-11-7-3-1-4-8-11/h2,5-6,9-11,14H,1,3-4,7-8H2,(H,15,16). The largest absolute Gasteiger partial charge is 0.480 e. The third kappa shape index (κ3) is 2.35. The highest BCUT2D eigenvalue weighted by Crippen LogP contribution is 2.24. The van der Waals surface area contributed by atoms with Crippen LogP contribution in [0.1, 0.15) is 32.1 Å². The van der Waals surface area contributed by atoms with Crippen LogP contribution in [0.25, 0.3) is 0 Å². The maximum Gasteiger partial charge on any atom is 0.328 e. The molecule has 3 heteroatoms. The number of allylic oxidation sites excluding steroid dienone is 2. The van der Waals surface area contributed by atoms with Gasteiger partial charge in [0.05, 0.1) is 0 Å². The van der Waals surface area contributed by atoms with Crippen molar-refractivity contribution < 1.29 is 9.90 Å². The Hall–Kier alpha value is -1.09. The molecule has 2 N–H and O–H groups in total. The molecule has 3 nitrogen and oxygen atoms in total. The van der Waals surface area contributed by atoms with Gasteiger partial charge in [-0.3, -0.25) is 5.32 Å². The fourth-order valence-corrected chi connectivity index (χ4v) is 2.42. The minimum absolute atomic E-state index is 0.331. The Morgan fingerprint density at radius 1 is 1.19 bits per heavy atom. The van der Waals surface area contributed by atoms with Gasteiger partial charge in [0.1, 0.15) is 5.54 Å². The number of carbonyl (C=O) groups is 1. The number of hydrogen-bond acceptors (Lipinski definition) is 2.